The van der Waals surface area contributed by atoms with Gasteiger partial charge in [0.1, 0.15) is 5.82 Å². The zero-order chi connectivity index (χ0) is 10.3. The van der Waals surface area contributed by atoms with Gasteiger partial charge in [0.25, 0.3) is 0 Å². The molecule has 2 fully saturated rings. The van der Waals surface area contributed by atoms with Crippen LogP contribution in [0.15, 0.2) is 18.3 Å². The summed E-state index contributed by atoms with van der Waals surface area (Å²) in [6, 6.07) is 5.23. The van der Waals surface area contributed by atoms with Gasteiger partial charge in [0.15, 0.2) is 0 Å². The van der Waals surface area contributed by atoms with Gasteiger partial charge in [-0.25, -0.2) is 4.98 Å². The van der Waals surface area contributed by atoms with Gasteiger partial charge in [0, 0.05) is 31.4 Å². The summed E-state index contributed by atoms with van der Waals surface area (Å²) in [4.78, 5) is 6.72. The van der Waals surface area contributed by atoms with Gasteiger partial charge in [-0.1, -0.05) is 11.6 Å². The highest BCUT2D eigenvalue weighted by Gasteiger charge is 2.32. The van der Waals surface area contributed by atoms with Gasteiger partial charge in [-0.15, -0.1) is 0 Å². The number of nitrogens with one attached hydrogen (secondary N) is 1. The van der Waals surface area contributed by atoms with Crippen molar-refractivity contribution >= 4 is 17.4 Å². The number of anilines is 1. The Labute approximate surface area is 94.4 Å². The smallest absolute Gasteiger partial charge is 0.128 e. The fraction of sp³-hybridized carbons (Fsp3) is 0.545. The molecule has 2 bridgehead atoms. The summed E-state index contributed by atoms with van der Waals surface area (Å²) in [6.45, 7) is 2.15. The number of aromatic nitrogens is 1. The standard InChI is InChI=1S/C11H14ClN3/c12-8-1-4-11(13-5-8)15-6-9-2-3-10(7-15)14-9/h1,4-5,9-10,14H,2-3,6-7H2. The summed E-state index contributed by atoms with van der Waals surface area (Å²) in [5.74, 6) is 1.05. The molecule has 0 aromatic carbocycles. The molecule has 0 saturated carbocycles. The van der Waals surface area contributed by atoms with Crippen molar-refractivity contribution in [1.82, 2.24) is 10.3 Å². The fourth-order valence-electron chi connectivity index (χ4n) is 2.54. The van der Waals surface area contributed by atoms with E-state index in [1.165, 1.54) is 12.8 Å². The van der Waals surface area contributed by atoms with Crippen molar-refractivity contribution in [3.05, 3.63) is 23.4 Å². The van der Waals surface area contributed by atoms with Gasteiger partial charge in [-0.05, 0) is 25.0 Å². The Kier molecular flexibility index (Phi) is 2.29. The summed E-state index contributed by atoms with van der Waals surface area (Å²) in [6.07, 6.45) is 4.32. The lowest BCUT2D eigenvalue weighted by Crippen LogP contribution is -2.51. The summed E-state index contributed by atoms with van der Waals surface area (Å²) in [5.41, 5.74) is 0. The molecule has 15 heavy (non-hydrogen) atoms. The van der Waals surface area contributed by atoms with E-state index in [1.807, 2.05) is 12.1 Å². The molecule has 0 amide bonds. The van der Waals surface area contributed by atoms with Crippen LogP contribution in [0.25, 0.3) is 0 Å². The molecule has 2 unspecified atom stereocenters. The maximum Gasteiger partial charge on any atom is 0.128 e. The van der Waals surface area contributed by atoms with Crippen LogP contribution in [-0.4, -0.2) is 30.2 Å². The number of fused-ring (bicyclic) bond motifs is 2. The second-order valence-electron chi connectivity index (χ2n) is 4.38. The first-order chi connectivity index (χ1) is 7.31. The van der Waals surface area contributed by atoms with Gasteiger partial charge in [-0.2, -0.15) is 0 Å². The van der Waals surface area contributed by atoms with Crippen molar-refractivity contribution in [2.24, 2.45) is 0 Å². The highest BCUT2D eigenvalue weighted by Crippen LogP contribution is 2.24. The highest BCUT2D eigenvalue weighted by molar-refractivity contribution is 6.30. The van der Waals surface area contributed by atoms with Gasteiger partial charge in [0.2, 0.25) is 0 Å². The fourth-order valence-corrected chi connectivity index (χ4v) is 2.65. The molecule has 80 valence electrons. The SMILES string of the molecule is Clc1ccc(N2CC3CCC(C2)N3)nc1. The monoisotopic (exact) mass is 223 g/mol. The van der Waals surface area contributed by atoms with E-state index in [0.717, 1.165) is 18.9 Å². The third kappa shape index (κ3) is 1.82. The molecule has 3 rings (SSSR count). The molecule has 3 nitrogen and oxygen atoms in total. The summed E-state index contributed by atoms with van der Waals surface area (Å²) in [7, 11) is 0. The molecule has 0 aliphatic carbocycles. The molecule has 1 N–H and O–H groups in total. The van der Waals surface area contributed by atoms with E-state index >= 15 is 0 Å². The van der Waals surface area contributed by atoms with E-state index in [1.54, 1.807) is 6.20 Å². The number of piperazine rings is 1. The van der Waals surface area contributed by atoms with E-state index in [0.29, 0.717) is 17.1 Å². The third-order valence-electron chi connectivity index (χ3n) is 3.25. The lowest BCUT2D eigenvalue weighted by Gasteiger charge is -2.33. The van der Waals surface area contributed by atoms with Crippen molar-refractivity contribution in [2.45, 2.75) is 24.9 Å². The normalized spacial score (nSPS) is 29.5. The van der Waals surface area contributed by atoms with Crippen LogP contribution in [0.5, 0.6) is 0 Å². The molecule has 2 aliphatic rings. The second kappa shape index (κ2) is 3.65. The van der Waals surface area contributed by atoms with Crippen LogP contribution >= 0.6 is 11.6 Å². The van der Waals surface area contributed by atoms with Crippen molar-refractivity contribution in [1.29, 1.82) is 0 Å². The van der Waals surface area contributed by atoms with Crippen LogP contribution in [0.1, 0.15) is 12.8 Å². The number of nitrogens with zero attached hydrogens (tertiary/aromatic N) is 2. The third-order valence-corrected chi connectivity index (χ3v) is 3.48. The number of hydrogen-bond acceptors (Lipinski definition) is 3. The number of pyridine rings is 1. The quantitative estimate of drug-likeness (QED) is 0.785. The second-order valence-corrected chi connectivity index (χ2v) is 4.81. The Morgan fingerprint density at radius 2 is 2.00 bits per heavy atom. The molecule has 1 aromatic rings. The first-order valence-corrected chi connectivity index (χ1v) is 5.81. The van der Waals surface area contributed by atoms with Gasteiger partial charge < -0.3 is 10.2 Å². The first kappa shape index (κ1) is 9.43. The molecule has 1 aromatic heterocycles. The Hall–Kier alpha value is -0.800. The maximum atomic E-state index is 5.83. The molecule has 4 heteroatoms. The van der Waals surface area contributed by atoms with Crippen LogP contribution in [0.4, 0.5) is 5.82 Å². The lowest BCUT2D eigenvalue weighted by atomic mass is 10.2. The molecule has 2 aliphatic heterocycles. The van der Waals surface area contributed by atoms with E-state index in [2.05, 4.69) is 15.2 Å². The lowest BCUT2D eigenvalue weighted by molar-refractivity contribution is 0.463. The van der Waals surface area contributed by atoms with Crippen molar-refractivity contribution < 1.29 is 0 Å². The molecule has 2 atom stereocenters. The molecule has 0 spiro atoms. The van der Waals surface area contributed by atoms with Crippen LogP contribution < -0.4 is 10.2 Å². The van der Waals surface area contributed by atoms with Crippen molar-refractivity contribution in [2.75, 3.05) is 18.0 Å². The highest BCUT2D eigenvalue weighted by atomic mass is 35.5. The predicted octanol–water partition coefficient (Wildman–Crippen LogP) is 1.68. The van der Waals surface area contributed by atoms with Crippen LogP contribution in [0.2, 0.25) is 5.02 Å². The number of halogens is 1. The van der Waals surface area contributed by atoms with E-state index in [-0.39, 0.29) is 0 Å². The minimum Gasteiger partial charge on any atom is -0.353 e. The van der Waals surface area contributed by atoms with Gasteiger partial charge >= 0.3 is 0 Å². The zero-order valence-electron chi connectivity index (χ0n) is 8.49. The van der Waals surface area contributed by atoms with Gasteiger partial charge in [0.05, 0.1) is 5.02 Å². The summed E-state index contributed by atoms with van der Waals surface area (Å²) in [5, 5.41) is 4.31. The van der Waals surface area contributed by atoms with Gasteiger partial charge in [-0.3, -0.25) is 0 Å². The van der Waals surface area contributed by atoms with E-state index in [4.69, 9.17) is 11.6 Å². The molecule has 3 heterocycles. The average Bonchev–Trinajstić information content (AvgIpc) is 2.59. The topological polar surface area (TPSA) is 28.2 Å². The van der Waals surface area contributed by atoms with E-state index < -0.39 is 0 Å². The Morgan fingerprint density at radius 3 is 2.60 bits per heavy atom. The Balaban J connectivity index is 1.80. The van der Waals surface area contributed by atoms with Crippen LogP contribution in [0, 0.1) is 0 Å². The zero-order valence-corrected chi connectivity index (χ0v) is 9.24. The van der Waals surface area contributed by atoms with E-state index in [9.17, 15) is 0 Å². The van der Waals surface area contributed by atoms with Crippen LogP contribution in [-0.2, 0) is 0 Å². The average molecular weight is 224 g/mol. The molecule has 0 radical (unpaired) electrons. The minimum absolute atomic E-state index is 0.654. The molecular weight excluding hydrogens is 210 g/mol. The molecule has 2 saturated heterocycles. The Bertz CT molecular complexity index is 339. The number of hydrogen-bond donors (Lipinski definition) is 1. The molecular formula is C11H14ClN3. The minimum atomic E-state index is 0.654. The number of rotatable bonds is 1. The summed E-state index contributed by atoms with van der Waals surface area (Å²) >= 11 is 5.83. The summed E-state index contributed by atoms with van der Waals surface area (Å²) < 4.78 is 0. The van der Waals surface area contributed by atoms with Crippen molar-refractivity contribution in [3.8, 4) is 0 Å². The Morgan fingerprint density at radius 1 is 1.27 bits per heavy atom. The van der Waals surface area contributed by atoms with Crippen LogP contribution in [0.3, 0.4) is 0 Å². The first-order valence-electron chi connectivity index (χ1n) is 5.44. The van der Waals surface area contributed by atoms with Crippen molar-refractivity contribution in [3.63, 3.8) is 0 Å². The predicted molar refractivity (Wildman–Crippen MR) is 61.4 cm³/mol. The largest absolute Gasteiger partial charge is 0.353 e. The maximum absolute atomic E-state index is 5.83.